The number of thiocarbonyl (C=S) groups is 1. The summed E-state index contributed by atoms with van der Waals surface area (Å²) in [5, 5.41) is 6.74. The number of carbonyl (C=O) groups excluding carboxylic acids is 1. The number of carbonyl (C=O) groups is 1. The average Bonchev–Trinajstić information content (AvgIpc) is 2.47. The van der Waals surface area contributed by atoms with Crippen LogP contribution in [0.3, 0.4) is 0 Å². The second-order valence-corrected chi connectivity index (χ2v) is 6.28. The van der Waals surface area contributed by atoms with Gasteiger partial charge in [-0.25, -0.2) is 10.2 Å². The Labute approximate surface area is 126 Å². The van der Waals surface area contributed by atoms with Gasteiger partial charge in [-0.1, -0.05) is 38.5 Å². The maximum Gasteiger partial charge on any atom is 0.333 e. The molecule has 5 nitrogen and oxygen atoms in total. The number of hydrogen-bond acceptors (Lipinski definition) is 2. The molecule has 4 N–H and O–H groups in total. The summed E-state index contributed by atoms with van der Waals surface area (Å²) in [6.07, 6.45) is 12.0. The summed E-state index contributed by atoms with van der Waals surface area (Å²) in [6.45, 7) is 0. The number of urea groups is 1. The lowest BCUT2D eigenvalue weighted by Gasteiger charge is -2.25. The Bertz CT molecular complexity index is 293. The molecule has 0 aromatic rings. The Morgan fingerprint density at radius 2 is 1.25 bits per heavy atom. The lowest BCUT2D eigenvalue weighted by atomic mass is 9.96. The van der Waals surface area contributed by atoms with Crippen molar-refractivity contribution in [3.63, 3.8) is 0 Å². The van der Waals surface area contributed by atoms with Crippen LogP contribution in [-0.2, 0) is 0 Å². The summed E-state index contributed by atoms with van der Waals surface area (Å²) in [6, 6.07) is 0.571. The highest BCUT2D eigenvalue weighted by Gasteiger charge is 2.16. The molecule has 0 aromatic carbocycles. The van der Waals surface area contributed by atoms with Crippen molar-refractivity contribution in [2.75, 3.05) is 0 Å². The maximum absolute atomic E-state index is 11.7. The summed E-state index contributed by atoms with van der Waals surface area (Å²) in [7, 11) is 0. The van der Waals surface area contributed by atoms with Crippen molar-refractivity contribution in [2.24, 2.45) is 0 Å². The Kier molecular flexibility index (Phi) is 6.36. The number of hydrazine groups is 1. The molecule has 114 valence electrons. The van der Waals surface area contributed by atoms with Gasteiger partial charge in [-0.2, -0.15) is 0 Å². The fraction of sp³-hybridized carbons (Fsp3) is 0.857. The van der Waals surface area contributed by atoms with Crippen molar-refractivity contribution < 1.29 is 4.79 Å². The molecular formula is C14H26N4OS. The molecule has 0 aromatic heterocycles. The molecule has 0 spiro atoms. The lowest BCUT2D eigenvalue weighted by Crippen LogP contribution is -2.54. The van der Waals surface area contributed by atoms with Gasteiger partial charge in [0.1, 0.15) is 0 Å². The van der Waals surface area contributed by atoms with E-state index in [0.717, 1.165) is 25.7 Å². The molecule has 0 saturated heterocycles. The summed E-state index contributed by atoms with van der Waals surface area (Å²) >= 11 is 5.19. The van der Waals surface area contributed by atoms with Crippen LogP contribution >= 0.6 is 12.2 Å². The highest BCUT2D eigenvalue weighted by Crippen LogP contribution is 2.17. The molecule has 2 aliphatic carbocycles. The van der Waals surface area contributed by atoms with E-state index < -0.39 is 0 Å². The van der Waals surface area contributed by atoms with Crippen molar-refractivity contribution in [1.82, 2.24) is 21.5 Å². The molecule has 2 amide bonds. The fourth-order valence-corrected chi connectivity index (χ4v) is 3.27. The number of rotatable bonds is 2. The zero-order valence-electron chi connectivity index (χ0n) is 12.0. The van der Waals surface area contributed by atoms with Crippen molar-refractivity contribution in [3.8, 4) is 0 Å². The topological polar surface area (TPSA) is 65.2 Å². The van der Waals surface area contributed by atoms with Crippen molar-refractivity contribution in [2.45, 2.75) is 76.3 Å². The number of nitrogens with one attached hydrogen (secondary N) is 4. The number of amides is 2. The van der Waals surface area contributed by atoms with Gasteiger partial charge in [0.15, 0.2) is 5.11 Å². The van der Waals surface area contributed by atoms with Crippen LogP contribution in [0, 0.1) is 0 Å². The molecule has 0 unspecified atom stereocenters. The number of hydrogen-bond donors (Lipinski definition) is 4. The minimum atomic E-state index is -0.190. The van der Waals surface area contributed by atoms with Crippen molar-refractivity contribution in [1.29, 1.82) is 0 Å². The van der Waals surface area contributed by atoms with Crippen LogP contribution < -0.4 is 21.5 Å². The molecule has 0 bridgehead atoms. The van der Waals surface area contributed by atoms with Gasteiger partial charge in [0.05, 0.1) is 0 Å². The van der Waals surface area contributed by atoms with Gasteiger partial charge in [-0.05, 0) is 37.9 Å². The molecule has 0 aliphatic heterocycles. The SMILES string of the molecule is O=C(NNC(=S)NC1CCCCC1)NC1CCCCC1. The molecule has 0 radical (unpaired) electrons. The van der Waals surface area contributed by atoms with Crippen LogP contribution in [0.1, 0.15) is 64.2 Å². The van der Waals surface area contributed by atoms with E-state index in [0.29, 0.717) is 17.2 Å². The molecule has 6 heteroatoms. The van der Waals surface area contributed by atoms with Crippen molar-refractivity contribution in [3.05, 3.63) is 0 Å². The highest BCUT2D eigenvalue weighted by molar-refractivity contribution is 7.80. The van der Waals surface area contributed by atoms with Crippen LogP contribution in [0.4, 0.5) is 4.79 Å². The summed E-state index contributed by atoms with van der Waals surface area (Å²) < 4.78 is 0. The Morgan fingerprint density at radius 1 is 0.750 bits per heavy atom. The van der Waals surface area contributed by atoms with E-state index in [-0.39, 0.29) is 6.03 Å². The first-order valence-electron chi connectivity index (χ1n) is 7.87. The van der Waals surface area contributed by atoms with Crippen LogP contribution in [-0.4, -0.2) is 23.2 Å². The van der Waals surface area contributed by atoms with E-state index in [1.165, 1.54) is 38.5 Å². The molecule has 0 atom stereocenters. The molecular weight excluding hydrogens is 272 g/mol. The third-order valence-corrected chi connectivity index (χ3v) is 4.39. The molecule has 0 heterocycles. The predicted octanol–water partition coefficient (Wildman–Crippen LogP) is 2.33. The third-order valence-electron chi connectivity index (χ3n) is 4.17. The highest BCUT2D eigenvalue weighted by atomic mass is 32.1. The van der Waals surface area contributed by atoms with Gasteiger partial charge in [-0.15, -0.1) is 0 Å². The lowest BCUT2D eigenvalue weighted by molar-refractivity contribution is 0.230. The van der Waals surface area contributed by atoms with Gasteiger partial charge in [0, 0.05) is 12.1 Å². The average molecular weight is 298 g/mol. The fourth-order valence-electron chi connectivity index (χ4n) is 3.05. The standard InChI is InChI=1S/C14H26N4OS/c19-13(15-11-7-3-1-4-8-11)17-18-14(20)16-12-9-5-2-6-10-12/h11-12H,1-10H2,(H2,15,17,19)(H2,16,18,20). The zero-order chi connectivity index (χ0) is 14.2. The molecule has 2 aliphatic rings. The second-order valence-electron chi connectivity index (χ2n) is 5.87. The monoisotopic (exact) mass is 298 g/mol. The first-order valence-corrected chi connectivity index (χ1v) is 8.28. The van der Waals surface area contributed by atoms with Crippen LogP contribution in [0.25, 0.3) is 0 Å². The molecule has 20 heavy (non-hydrogen) atoms. The van der Waals surface area contributed by atoms with Gasteiger partial charge in [-0.3, -0.25) is 5.43 Å². The van der Waals surface area contributed by atoms with E-state index in [9.17, 15) is 4.79 Å². The van der Waals surface area contributed by atoms with Crippen LogP contribution in [0.15, 0.2) is 0 Å². The maximum atomic E-state index is 11.7. The zero-order valence-corrected chi connectivity index (χ0v) is 12.9. The van der Waals surface area contributed by atoms with Crippen LogP contribution in [0.2, 0.25) is 0 Å². The molecule has 2 saturated carbocycles. The van der Waals surface area contributed by atoms with Gasteiger partial charge in [0.2, 0.25) is 0 Å². The summed E-state index contributed by atoms with van der Waals surface area (Å²) in [5.74, 6) is 0. The van der Waals surface area contributed by atoms with E-state index in [2.05, 4.69) is 21.5 Å². The summed E-state index contributed by atoms with van der Waals surface area (Å²) in [4.78, 5) is 11.7. The van der Waals surface area contributed by atoms with Crippen LogP contribution in [0.5, 0.6) is 0 Å². The minimum absolute atomic E-state index is 0.190. The summed E-state index contributed by atoms with van der Waals surface area (Å²) in [5.41, 5.74) is 5.39. The van der Waals surface area contributed by atoms with Crippen molar-refractivity contribution >= 4 is 23.4 Å². The first kappa shape index (κ1) is 15.4. The van der Waals surface area contributed by atoms with E-state index >= 15 is 0 Å². The first-order chi connectivity index (χ1) is 9.74. The Balaban J connectivity index is 1.58. The van der Waals surface area contributed by atoms with Gasteiger partial charge in [0.25, 0.3) is 0 Å². The van der Waals surface area contributed by atoms with E-state index in [4.69, 9.17) is 12.2 Å². The molecule has 2 rings (SSSR count). The smallest absolute Gasteiger partial charge is 0.333 e. The van der Waals surface area contributed by atoms with Gasteiger partial charge >= 0.3 is 6.03 Å². The second kappa shape index (κ2) is 8.29. The Morgan fingerprint density at radius 3 is 1.80 bits per heavy atom. The minimum Gasteiger partial charge on any atom is -0.359 e. The van der Waals surface area contributed by atoms with Gasteiger partial charge < -0.3 is 10.6 Å². The third kappa shape index (κ3) is 5.53. The van der Waals surface area contributed by atoms with E-state index in [1.807, 2.05) is 0 Å². The normalized spacial score (nSPS) is 21.0. The quantitative estimate of drug-likeness (QED) is 0.467. The molecule has 2 fully saturated rings. The predicted molar refractivity (Wildman–Crippen MR) is 84.3 cm³/mol. The largest absolute Gasteiger partial charge is 0.359 e. The van der Waals surface area contributed by atoms with E-state index in [1.54, 1.807) is 0 Å². The Hall–Kier alpha value is -1.04.